The molecule has 0 radical (unpaired) electrons. The Bertz CT molecular complexity index is 171. The largest absolute Gasteiger partial charge is 0.775 e. The van der Waals surface area contributed by atoms with Gasteiger partial charge in [0, 0.05) is 18.6 Å². The Morgan fingerprint density at radius 3 is 2.89 bits per heavy atom. The van der Waals surface area contributed by atoms with Crippen LogP contribution in [0.25, 0.3) is 0 Å². The molecule has 0 saturated carbocycles. The molecule has 0 aliphatic carbocycles. The quantitative estimate of drug-likeness (QED) is 0.393. The first-order valence-corrected chi connectivity index (χ1v) is 2.34. The van der Waals surface area contributed by atoms with Crippen LogP contribution < -0.4 is 10.6 Å². The zero-order valence-electron chi connectivity index (χ0n) is 4.53. The summed E-state index contributed by atoms with van der Waals surface area (Å²) in [6.07, 6.45) is 4.81. The highest BCUT2D eigenvalue weighted by Gasteiger charge is 1.90. The molecule has 0 saturated heterocycles. The summed E-state index contributed by atoms with van der Waals surface area (Å²) in [5, 5.41) is 20.4. The summed E-state index contributed by atoms with van der Waals surface area (Å²) in [6, 6.07) is 0. The monoisotopic (exact) mass is 125 g/mol. The van der Waals surface area contributed by atoms with Gasteiger partial charge in [-0.15, -0.1) is 5.11 Å². The second-order valence-corrected chi connectivity index (χ2v) is 1.36. The van der Waals surface area contributed by atoms with E-state index >= 15 is 0 Å². The van der Waals surface area contributed by atoms with Crippen LogP contribution in [0.5, 0.6) is 0 Å². The molecule has 1 rings (SSSR count). The molecule has 1 heterocycles. The highest BCUT2D eigenvalue weighted by Crippen LogP contribution is 1.93. The van der Waals surface area contributed by atoms with Gasteiger partial charge in [-0.05, 0) is 0 Å². The smallest absolute Gasteiger partial charge is 0.168 e. The number of hydrogen-bond donors (Lipinski definition) is 2. The zero-order chi connectivity index (χ0) is 6.53. The summed E-state index contributed by atoms with van der Waals surface area (Å²) in [5.74, 6) is 0.410. The van der Waals surface area contributed by atoms with Crippen molar-refractivity contribution in [2.45, 2.75) is 0 Å². The van der Waals surface area contributed by atoms with Gasteiger partial charge in [-0.2, -0.15) is 0 Å². The highest BCUT2D eigenvalue weighted by molar-refractivity contribution is 5.06. The van der Waals surface area contributed by atoms with Crippen LogP contribution in [0.2, 0.25) is 0 Å². The Labute approximate surface area is 51.7 Å². The lowest BCUT2D eigenvalue weighted by atomic mass is 10.6. The first kappa shape index (κ1) is 5.61. The third-order valence-corrected chi connectivity index (χ3v) is 0.779. The van der Waals surface area contributed by atoms with Gasteiger partial charge in [0.05, 0.1) is 0 Å². The minimum atomic E-state index is 0.410. The van der Waals surface area contributed by atoms with E-state index in [1.165, 1.54) is 6.20 Å². The molecule has 0 aromatic heterocycles. The van der Waals surface area contributed by atoms with E-state index in [4.69, 9.17) is 0 Å². The maximum atomic E-state index is 9.52. The third kappa shape index (κ3) is 1.45. The van der Waals surface area contributed by atoms with Gasteiger partial charge in [-0.25, -0.2) is 5.28 Å². The Kier molecular flexibility index (Phi) is 1.69. The van der Waals surface area contributed by atoms with E-state index in [-0.39, 0.29) is 0 Å². The van der Waals surface area contributed by atoms with Gasteiger partial charge in [-0.1, -0.05) is 0 Å². The number of nitrogens with one attached hydrogen (secondary N) is 2. The molecular formula is C4H5N4O-. The lowest BCUT2D eigenvalue weighted by molar-refractivity contribution is 0.899. The van der Waals surface area contributed by atoms with E-state index in [1.807, 2.05) is 0 Å². The number of nitrogens with zero attached hydrogens (tertiary/aromatic N) is 2. The summed E-state index contributed by atoms with van der Waals surface area (Å²) < 4.78 is 0. The molecule has 0 aromatic carbocycles. The molecule has 1 aliphatic rings. The van der Waals surface area contributed by atoms with Crippen molar-refractivity contribution in [3.8, 4) is 0 Å². The zero-order valence-corrected chi connectivity index (χ0v) is 4.53. The Morgan fingerprint density at radius 2 is 2.33 bits per heavy atom. The van der Waals surface area contributed by atoms with Gasteiger partial charge in [-0.3, -0.25) is 0 Å². The molecule has 5 heteroatoms. The number of hydrogen-bond acceptors (Lipinski definition) is 5. The molecule has 5 nitrogen and oxygen atoms in total. The first-order chi connectivity index (χ1) is 4.43. The molecular weight excluding hydrogens is 120 g/mol. The van der Waals surface area contributed by atoms with E-state index in [9.17, 15) is 5.21 Å². The van der Waals surface area contributed by atoms with Crippen LogP contribution in [0.4, 0.5) is 0 Å². The minimum absolute atomic E-state index is 0.410. The fraction of sp³-hybridized carbons (Fsp3) is 0. The summed E-state index contributed by atoms with van der Waals surface area (Å²) in [6.45, 7) is 0. The molecule has 48 valence electrons. The summed E-state index contributed by atoms with van der Waals surface area (Å²) in [7, 11) is 0. The van der Waals surface area contributed by atoms with Gasteiger partial charge in [0.15, 0.2) is 5.82 Å². The summed E-state index contributed by atoms with van der Waals surface area (Å²) in [4.78, 5) is 0. The minimum Gasteiger partial charge on any atom is -0.775 e. The normalized spacial score (nSPS) is 16.7. The van der Waals surface area contributed by atoms with E-state index < -0.39 is 0 Å². The highest BCUT2D eigenvalue weighted by atomic mass is 16.5. The molecule has 0 atom stereocenters. The van der Waals surface area contributed by atoms with Crippen molar-refractivity contribution in [3.05, 3.63) is 29.6 Å². The van der Waals surface area contributed by atoms with Crippen LogP contribution in [-0.4, -0.2) is 0 Å². The van der Waals surface area contributed by atoms with Crippen LogP contribution in [0.1, 0.15) is 0 Å². The van der Waals surface area contributed by atoms with Gasteiger partial charge in [0.2, 0.25) is 0 Å². The van der Waals surface area contributed by atoms with Crippen molar-refractivity contribution in [2.75, 3.05) is 0 Å². The van der Waals surface area contributed by atoms with Crippen molar-refractivity contribution in [1.29, 1.82) is 0 Å². The standard InChI is InChI=1S/C4H6N4O/c9-8-7-4-3-5-1-2-6-4/h1-3,5-6H,(H,7,9)/p-1. The predicted octanol–water partition coefficient (Wildman–Crippen LogP) is 0.399. The number of rotatable bonds is 1. The van der Waals surface area contributed by atoms with Crippen LogP contribution in [-0.2, 0) is 0 Å². The van der Waals surface area contributed by atoms with Crippen molar-refractivity contribution < 1.29 is 0 Å². The van der Waals surface area contributed by atoms with Gasteiger partial charge < -0.3 is 15.8 Å². The second-order valence-electron chi connectivity index (χ2n) is 1.36. The van der Waals surface area contributed by atoms with Crippen LogP contribution in [0.15, 0.2) is 34.8 Å². The fourth-order valence-electron chi connectivity index (χ4n) is 0.446. The van der Waals surface area contributed by atoms with Crippen LogP contribution in [0, 0.1) is 5.21 Å². The third-order valence-electron chi connectivity index (χ3n) is 0.779. The van der Waals surface area contributed by atoms with E-state index in [1.54, 1.807) is 12.4 Å². The van der Waals surface area contributed by atoms with Gasteiger partial charge >= 0.3 is 0 Å². The molecule has 1 aliphatic heterocycles. The maximum Gasteiger partial charge on any atom is 0.168 e. The molecule has 0 spiro atoms. The summed E-state index contributed by atoms with van der Waals surface area (Å²) in [5.41, 5.74) is 0. The predicted molar refractivity (Wildman–Crippen MR) is 31.7 cm³/mol. The lowest BCUT2D eigenvalue weighted by Crippen LogP contribution is -2.12. The average Bonchev–Trinajstić information content (AvgIpc) is 1.91. The van der Waals surface area contributed by atoms with Crippen molar-refractivity contribution in [1.82, 2.24) is 10.6 Å². The SMILES string of the molecule is [O-]N=NC1=CNC=CN1. The Hall–Kier alpha value is -1.52. The molecule has 0 unspecified atom stereocenters. The van der Waals surface area contributed by atoms with E-state index in [0.29, 0.717) is 5.82 Å². The van der Waals surface area contributed by atoms with E-state index in [2.05, 4.69) is 21.0 Å². The van der Waals surface area contributed by atoms with Crippen molar-refractivity contribution in [3.63, 3.8) is 0 Å². The molecule has 0 bridgehead atoms. The van der Waals surface area contributed by atoms with Crippen molar-refractivity contribution in [2.24, 2.45) is 10.4 Å². The fourth-order valence-corrected chi connectivity index (χ4v) is 0.446. The van der Waals surface area contributed by atoms with Gasteiger partial charge in [0.1, 0.15) is 0 Å². The Morgan fingerprint density at radius 1 is 1.44 bits per heavy atom. The Balaban J connectivity index is 2.50. The summed E-state index contributed by atoms with van der Waals surface area (Å²) >= 11 is 0. The first-order valence-electron chi connectivity index (χ1n) is 2.34. The van der Waals surface area contributed by atoms with Gasteiger partial charge in [0.25, 0.3) is 0 Å². The van der Waals surface area contributed by atoms with E-state index in [0.717, 1.165) is 0 Å². The molecule has 9 heavy (non-hydrogen) atoms. The molecule has 0 amide bonds. The second kappa shape index (κ2) is 2.71. The van der Waals surface area contributed by atoms with Crippen LogP contribution in [0.3, 0.4) is 0 Å². The van der Waals surface area contributed by atoms with Crippen LogP contribution >= 0.6 is 0 Å². The molecule has 0 aromatic rings. The maximum absolute atomic E-state index is 9.52. The van der Waals surface area contributed by atoms with Crippen molar-refractivity contribution >= 4 is 0 Å². The topological polar surface area (TPSA) is 71.8 Å². The molecule has 0 fully saturated rings. The average molecular weight is 125 g/mol. The lowest BCUT2D eigenvalue weighted by Gasteiger charge is -2.04. The molecule has 2 N–H and O–H groups in total.